The van der Waals surface area contributed by atoms with Crippen LogP contribution in [-0.2, 0) is 19.1 Å². The van der Waals surface area contributed by atoms with Gasteiger partial charge in [-0.25, -0.2) is 9.59 Å². The number of ether oxygens (including phenoxy) is 2. The van der Waals surface area contributed by atoms with Gasteiger partial charge in [0.05, 0.1) is 29.1 Å². The van der Waals surface area contributed by atoms with Gasteiger partial charge in [0.1, 0.15) is 17.4 Å². The molecule has 9 nitrogen and oxygen atoms in total. The predicted octanol–water partition coefficient (Wildman–Crippen LogP) is 2.85. The Bertz CT molecular complexity index is 979. The molecule has 9 heteroatoms. The number of esters is 2. The number of carbonyl (C=O) groups excluding carboxylic acids is 2. The molecule has 0 radical (unpaired) electrons. The van der Waals surface area contributed by atoms with E-state index in [9.17, 15) is 25.0 Å². The lowest BCUT2D eigenvalue weighted by atomic mass is 9.80. The minimum absolute atomic E-state index is 0.0693. The molecule has 1 aromatic rings. The van der Waals surface area contributed by atoms with Gasteiger partial charge in [0.25, 0.3) is 5.69 Å². The lowest BCUT2D eigenvalue weighted by Crippen LogP contribution is -2.35. The minimum atomic E-state index is -1.08. The number of rotatable bonds is 4. The van der Waals surface area contributed by atoms with Gasteiger partial charge in [-0.05, 0) is 33.3 Å². The highest BCUT2D eigenvalue weighted by atomic mass is 16.6. The van der Waals surface area contributed by atoms with Gasteiger partial charge in [-0.15, -0.1) is 0 Å². The Labute approximate surface area is 167 Å². The number of methoxy groups -OCH3 is 1. The highest BCUT2D eigenvalue weighted by Gasteiger charge is 2.40. The second-order valence-corrected chi connectivity index (χ2v) is 7.34. The smallest absolute Gasteiger partial charge is 0.337 e. The first-order valence-electron chi connectivity index (χ1n) is 8.68. The molecule has 0 spiro atoms. The first-order valence-corrected chi connectivity index (χ1v) is 8.68. The van der Waals surface area contributed by atoms with E-state index in [0.717, 1.165) is 7.11 Å². The number of nitriles is 1. The summed E-state index contributed by atoms with van der Waals surface area (Å²) in [5.74, 6) is -2.62. The fraction of sp³-hybridized carbons (Fsp3) is 0.350. The van der Waals surface area contributed by atoms with Crippen molar-refractivity contribution in [3.05, 3.63) is 62.5 Å². The second-order valence-electron chi connectivity index (χ2n) is 7.34. The van der Waals surface area contributed by atoms with Crippen molar-refractivity contribution in [2.75, 3.05) is 7.11 Å². The standard InChI is InChI=1S/C20H21N3O6/c1-11-15(19(25)29-20(2,3)4)16(12-7-6-8-13(9-12)23(26)27)17(18(24)28-5)14(10-21)22-11/h6-9,16,22H,1-5H3. The number of nitrogens with zero attached hydrogens (tertiary/aromatic N) is 2. The van der Waals surface area contributed by atoms with Gasteiger partial charge >= 0.3 is 11.9 Å². The summed E-state index contributed by atoms with van der Waals surface area (Å²) in [5, 5.41) is 23.5. The number of hydrogen-bond donors (Lipinski definition) is 1. The number of allylic oxidation sites excluding steroid dienone is 2. The average molecular weight is 399 g/mol. The maximum atomic E-state index is 13.0. The number of dihydropyridines is 1. The number of nitro groups is 1. The third kappa shape index (κ3) is 4.60. The van der Waals surface area contributed by atoms with E-state index >= 15 is 0 Å². The van der Waals surface area contributed by atoms with Gasteiger partial charge in [-0.1, -0.05) is 12.1 Å². The van der Waals surface area contributed by atoms with Crippen molar-refractivity contribution < 1.29 is 24.0 Å². The van der Waals surface area contributed by atoms with E-state index in [1.165, 1.54) is 18.2 Å². The molecule has 0 saturated carbocycles. The minimum Gasteiger partial charge on any atom is -0.466 e. The Kier molecular flexibility index (Phi) is 6.07. The summed E-state index contributed by atoms with van der Waals surface area (Å²) in [5.41, 5.74) is -0.596. The van der Waals surface area contributed by atoms with Gasteiger partial charge in [0.15, 0.2) is 0 Å². The van der Waals surface area contributed by atoms with Crippen molar-refractivity contribution in [2.24, 2.45) is 0 Å². The zero-order chi connectivity index (χ0) is 21.9. The Morgan fingerprint density at radius 2 is 1.90 bits per heavy atom. The van der Waals surface area contributed by atoms with Crippen LogP contribution in [0.3, 0.4) is 0 Å². The molecule has 0 aliphatic carbocycles. The summed E-state index contributed by atoms with van der Waals surface area (Å²) in [7, 11) is 1.15. The summed E-state index contributed by atoms with van der Waals surface area (Å²) < 4.78 is 10.3. The number of nitrogens with one attached hydrogen (secondary N) is 1. The van der Waals surface area contributed by atoms with Crippen LogP contribution in [0.2, 0.25) is 0 Å². The van der Waals surface area contributed by atoms with Crippen molar-refractivity contribution in [3.63, 3.8) is 0 Å². The van der Waals surface area contributed by atoms with E-state index in [2.05, 4.69) is 5.32 Å². The maximum Gasteiger partial charge on any atom is 0.337 e. The molecule has 1 aliphatic heterocycles. The molecule has 0 aromatic heterocycles. The van der Waals surface area contributed by atoms with Gasteiger partial charge in [0, 0.05) is 17.8 Å². The molecule has 1 atom stereocenters. The zero-order valence-corrected chi connectivity index (χ0v) is 16.7. The van der Waals surface area contributed by atoms with Crippen LogP contribution in [0.15, 0.2) is 46.8 Å². The lowest BCUT2D eigenvalue weighted by molar-refractivity contribution is -0.384. The van der Waals surface area contributed by atoms with E-state index in [4.69, 9.17) is 9.47 Å². The molecule has 1 heterocycles. The number of nitro benzene ring substituents is 1. The van der Waals surface area contributed by atoms with Gasteiger partial charge in [-0.3, -0.25) is 10.1 Å². The van der Waals surface area contributed by atoms with Crippen LogP contribution in [0.4, 0.5) is 5.69 Å². The molecule has 2 rings (SSSR count). The number of benzene rings is 1. The monoisotopic (exact) mass is 399 g/mol. The van der Waals surface area contributed by atoms with Gasteiger partial charge in [-0.2, -0.15) is 5.26 Å². The van der Waals surface area contributed by atoms with Crippen molar-refractivity contribution in [1.82, 2.24) is 5.32 Å². The van der Waals surface area contributed by atoms with Crippen LogP contribution >= 0.6 is 0 Å². The van der Waals surface area contributed by atoms with E-state index in [1.54, 1.807) is 33.8 Å². The number of non-ortho nitro benzene ring substituents is 1. The van der Waals surface area contributed by atoms with Crippen LogP contribution in [-0.4, -0.2) is 29.6 Å². The Balaban J connectivity index is 2.76. The molecule has 0 saturated heterocycles. The summed E-state index contributed by atoms with van der Waals surface area (Å²) in [4.78, 5) is 36.1. The van der Waals surface area contributed by atoms with E-state index in [1.807, 2.05) is 6.07 Å². The summed E-state index contributed by atoms with van der Waals surface area (Å²) >= 11 is 0. The van der Waals surface area contributed by atoms with Gasteiger partial charge < -0.3 is 14.8 Å². The van der Waals surface area contributed by atoms with Crippen molar-refractivity contribution in [3.8, 4) is 6.07 Å². The molecule has 0 bridgehead atoms. The highest BCUT2D eigenvalue weighted by molar-refractivity contribution is 6.00. The molecule has 1 aliphatic rings. The lowest BCUT2D eigenvalue weighted by Gasteiger charge is -2.31. The van der Waals surface area contributed by atoms with Crippen LogP contribution in [0.1, 0.15) is 39.2 Å². The Hall–Kier alpha value is -3.67. The molecule has 29 heavy (non-hydrogen) atoms. The normalized spacial score (nSPS) is 16.6. The third-order valence-electron chi connectivity index (χ3n) is 4.11. The number of hydrogen-bond acceptors (Lipinski definition) is 8. The quantitative estimate of drug-likeness (QED) is 0.464. The van der Waals surface area contributed by atoms with E-state index in [0.29, 0.717) is 5.70 Å². The summed E-state index contributed by atoms with van der Waals surface area (Å²) in [6.45, 7) is 6.64. The molecular formula is C20H21N3O6. The topological polar surface area (TPSA) is 132 Å². The molecule has 1 aromatic carbocycles. The van der Waals surface area contributed by atoms with Crippen molar-refractivity contribution in [1.29, 1.82) is 5.26 Å². The summed E-state index contributed by atoms with van der Waals surface area (Å²) in [6.07, 6.45) is 0. The fourth-order valence-corrected chi connectivity index (χ4v) is 3.00. The van der Waals surface area contributed by atoms with Crippen LogP contribution < -0.4 is 5.32 Å². The second kappa shape index (κ2) is 8.14. The van der Waals surface area contributed by atoms with Crippen molar-refractivity contribution in [2.45, 2.75) is 39.2 Å². The third-order valence-corrected chi connectivity index (χ3v) is 4.11. The molecule has 1 N–H and O–H groups in total. The molecular weight excluding hydrogens is 378 g/mol. The molecule has 0 fully saturated rings. The van der Waals surface area contributed by atoms with Crippen LogP contribution in [0.25, 0.3) is 0 Å². The maximum absolute atomic E-state index is 13.0. The largest absolute Gasteiger partial charge is 0.466 e. The van der Waals surface area contributed by atoms with Crippen LogP contribution in [0.5, 0.6) is 0 Å². The first kappa shape index (κ1) is 21.6. The van der Waals surface area contributed by atoms with Crippen molar-refractivity contribution >= 4 is 17.6 Å². The average Bonchev–Trinajstić information content (AvgIpc) is 2.64. The molecule has 0 amide bonds. The Morgan fingerprint density at radius 3 is 2.41 bits per heavy atom. The number of carbonyl (C=O) groups is 2. The zero-order valence-electron chi connectivity index (χ0n) is 16.7. The van der Waals surface area contributed by atoms with Crippen LogP contribution in [0, 0.1) is 21.4 Å². The van der Waals surface area contributed by atoms with Gasteiger partial charge in [0.2, 0.25) is 0 Å². The first-order chi connectivity index (χ1) is 13.5. The Morgan fingerprint density at radius 1 is 1.24 bits per heavy atom. The SMILES string of the molecule is COC(=O)C1=C(C#N)NC(C)=C(C(=O)OC(C)(C)C)C1c1cccc([N+](=O)[O-])c1. The fourth-order valence-electron chi connectivity index (χ4n) is 3.00. The highest BCUT2D eigenvalue weighted by Crippen LogP contribution is 2.40. The van der Waals surface area contributed by atoms with E-state index < -0.39 is 28.4 Å². The summed E-state index contributed by atoms with van der Waals surface area (Å²) in [6, 6.07) is 7.42. The molecule has 152 valence electrons. The van der Waals surface area contributed by atoms with E-state index in [-0.39, 0.29) is 28.1 Å². The predicted molar refractivity (Wildman–Crippen MR) is 102 cm³/mol. The molecule has 1 unspecified atom stereocenters.